The van der Waals surface area contributed by atoms with Crippen molar-refractivity contribution < 1.29 is 13.9 Å². The molecule has 1 amide bonds. The highest BCUT2D eigenvalue weighted by molar-refractivity contribution is 5.78. The van der Waals surface area contributed by atoms with Gasteiger partial charge in [0.1, 0.15) is 0 Å². The fourth-order valence-corrected chi connectivity index (χ4v) is 1.72. The van der Waals surface area contributed by atoms with E-state index in [-0.39, 0.29) is 24.3 Å². The fraction of sp³-hybridized carbons (Fsp3) is 0.200. The number of benzene rings is 1. The van der Waals surface area contributed by atoms with Crippen LogP contribution in [0.4, 0.5) is 4.39 Å². The van der Waals surface area contributed by atoms with Gasteiger partial charge in [-0.05, 0) is 36.8 Å². The van der Waals surface area contributed by atoms with E-state index in [9.17, 15) is 9.18 Å². The fourth-order valence-electron chi connectivity index (χ4n) is 1.72. The molecule has 2 aromatic rings. The number of hydrogen-bond acceptors (Lipinski definition) is 3. The van der Waals surface area contributed by atoms with Crippen molar-refractivity contribution in [2.45, 2.75) is 13.0 Å². The number of nitrogens with zero attached hydrogens (tertiary/aromatic N) is 1. The van der Waals surface area contributed by atoms with Gasteiger partial charge in [0.2, 0.25) is 0 Å². The number of hydrogen-bond donors (Lipinski definition) is 1. The van der Waals surface area contributed by atoms with Crippen LogP contribution < -0.4 is 10.1 Å². The Balaban J connectivity index is 1.86. The van der Waals surface area contributed by atoms with Crippen molar-refractivity contribution in [3.8, 4) is 5.75 Å². The van der Waals surface area contributed by atoms with Crippen LogP contribution in [0.3, 0.4) is 0 Å². The number of aromatic nitrogens is 1. The summed E-state index contributed by atoms with van der Waals surface area (Å²) >= 11 is 0. The second-order valence-electron chi connectivity index (χ2n) is 4.29. The van der Waals surface area contributed by atoms with Crippen molar-refractivity contribution in [2.75, 3.05) is 6.61 Å². The number of para-hydroxylation sites is 1. The first-order chi connectivity index (χ1) is 9.66. The van der Waals surface area contributed by atoms with E-state index in [4.69, 9.17) is 4.74 Å². The lowest BCUT2D eigenvalue weighted by Gasteiger charge is -2.14. The molecule has 20 heavy (non-hydrogen) atoms. The molecule has 4 nitrogen and oxygen atoms in total. The van der Waals surface area contributed by atoms with Gasteiger partial charge in [-0.15, -0.1) is 0 Å². The molecule has 0 aliphatic carbocycles. The molecule has 0 aliphatic heterocycles. The lowest BCUT2D eigenvalue weighted by molar-refractivity contribution is -0.123. The Morgan fingerprint density at radius 2 is 2.00 bits per heavy atom. The van der Waals surface area contributed by atoms with E-state index in [0.29, 0.717) is 0 Å². The molecular weight excluding hydrogens is 259 g/mol. The van der Waals surface area contributed by atoms with Crippen molar-refractivity contribution in [1.82, 2.24) is 10.3 Å². The summed E-state index contributed by atoms with van der Waals surface area (Å²) in [6, 6.07) is 9.46. The second-order valence-corrected chi connectivity index (χ2v) is 4.29. The van der Waals surface area contributed by atoms with Crippen LogP contribution in [0.15, 0.2) is 48.8 Å². The highest BCUT2D eigenvalue weighted by atomic mass is 19.1. The van der Waals surface area contributed by atoms with E-state index in [1.807, 2.05) is 19.1 Å². The zero-order valence-corrected chi connectivity index (χ0v) is 11.0. The van der Waals surface area contributed by atoms with Gasteiger partial charge in [0, 0.05) is 12.4 Å². The molecule has 1 heterocycles. The molecule has 0 saturated heterocycles. The Morgan fingerprint density at radius 1 is 1.30 bits per heavy atom. The van der Waals surface area contributed by atoms with Gasteiger partial charge in [0.25, 0.3) is 5.91 Å². The molecule has 0 spiro atoms. The Labute approximate surface area is 116 Å². The standard InChI is InChI=1S/C15H15FN2O2/c1-11(12-6-8-17-9-7-12)18-15(19)10-20-14-5-3-2-4-13(14)16/h2-9,11H,10H2,1H3,(H,18,19). The molecule has 5 heteroatoms. The predicted octanol–water partition coefficient (Wildman–Crippen LogP) is 2.48. The number of nitrogens with one attached hydrogen (secondary N) is 1. The molecular formula is C15H15FN2O2. The van der Waals surface area contributed by atoms with Gasteiger partial charge in [-0.25, -0.2) is 4.39 Å². The number of pyridine rings is 1. The minimum Gasteiger partial charge on any atom is -0.481 e. The van der Waals surface area contributed by atoms with Gasteiger partial charge < -0.3 is 10.1 Å². The molecule has 1 atom stereocenters. The minimum atomic E-state index is -0.484. The maximum absolute atomic E-state index is 13.3. The van der Waals surface area contributed by atoms with Crippen molar-refractivity contribution in [2.24, 2.45) is 0 Å². The van der Waals surface area contributed by atoms with E-state index in [0.717, 1.165) is 5.56 Å². The SMILES string of the molecule is CC(NC(=O)COc1ccccc1F)c1ccncc1. The van der Waals surface area contributed by atoms with E-state index < -0.39 is 5.82 Å². The van der Waals surface area contributed by atoms with Gasteiger partial charge in [-0.3, -0.25) is 9.78 Å². The third kappa shape index (κ3) is 3.78. The smallest absolute Gasteiger partial charge is 0.258 e. The Hall–Kier alpha value is -2.43. The quantitative estimate of drug-likeness (QED) is 0.911. The van der Waals surface area contributed by atoms with Gasteiger partial charge in [-0.2, -0.15) is 0 Å². The summed E-state index contributed by atoms with van der Waals surface area (Å²) in [7, 11) is 0. The summed E-state index contributed by atoms with van der Waals surface area (Å²) in [6.45, 7) is 1.63. The zero-order valence-electron chi connectivity index (χ0n) is 11.0. The molecule has 1 aromatic heterocycles. The van der Waals surface area contributed by atoms with Crippen LogP contribution in [0, 0.1) is 5.82 Å². The summed E-state index contributed by atoms with van der Waals surface area (Å²) in [4.78, 5) is 15.7. The third-order valence-corrected chi connectivity index (χ3v) is 2.78. The molecule has 0 fully saturated rings. The first-order valence-corrected chi connectivity index (χ1v) is 6.23. The Bertz CT molecular complexity index is 575. The number of ether oxygens (including phenoxy) is 1. The average molecular weight is 274 g/mol. The maximum atomic E-state index is 13.3. The monoisotopic (exact) mass is 274 g/mol. The average Bonchev–Trinajstić information content (AvgIpc) is 2.47. The summed E-state index contributed by atoms with van der Waals surface area (Å²) in [5.74, 6) is -0.723. The summed E-state index contributed by atoms with van der Waals surface area (Å²) in [5.41, 5.74) is 0.944. The lowest BCUT2D eigenvalue weighted by atomic mass is 10.1. The van der Waals surface area contributed by atoms with Crippen LogP contribution in [0.25, 0.3) is 0 Å². The predicted molar refractivity (Wildman–Crippen MR) is 72.7 cm³/mol. The molecule has 0 saturated carbocycles. The number of amides is 1. The first kappa shape index (κ1) is 14.0. The molecule has 0 aliphatic rings. The van der Waals surface area contributed by atoms with E-state index in [1.54, 1.807) is 24.5 Å². The van der Waals surface area contributed by atoms with Gasteiger partial charge >= 0.3 is 0 Å². The number of carbonyl (C=O) groups is 1. The molecule has 2 rings (SSSR count). The molecule has 1 unspecified atom stereocenters. The van der Waals surface area contributed by atoms with E-state index in [1.165, 1.54) is 12.1 Å². The van der Waals surface area contributed by atoms with Crippen molar-refractivity contribution in [3.63, 3.8) is 0 Å². The molecule has 104 valence electrons. The third-order valence-electron chi connectivity index (χ3n) is 2.78. The van der Waals surface area contributed by atoms with Crippen molar-refractivity contribution in [1.29, 1.82) is 0 Å². The minimum absolute atomic E-state index is 0.0687. The van der Waals surface area contributed by atoms with Gasteiger partial charge in [-0.1, -0.05) is 12.1 Å². The molecule has 1 aromatic carbocycles. The van der Waals surface area contributed by atoms with E-state index >= 15 is 0 Å². The highest BCUT2D eigenvalue weighted by Gasteiger charge is 2.10. The van der Waals surface area contributed by atoms with Crippen LogP contribution in [0.2, 0.25) is 0 Å². The van der Waals surface area contributed by atoms with Gasteiger partial charge in [0.05, 0.1) is 6.04 Å². The second kappa shape index (κ2) is 6.65. The molecule has 0 bridgehead atoms. The Morgan fingerprint density at radius 3 is 2.70 bits per heavy atom. The van der Waals surface area contributed by atoms with Crippen molar-refractivity contribution in [3.05, 3.63) is 60.2 Å². The Kier molecular flexibility index (Phi) is 4.65. The van der Waals surface area contributed by atoms with Crippen molar-refractivity contribution >= 4 is 5.91 Å². The number of carbonyl (C=O) groups excluding carboxylic acids is 1. The molecule has 0 radical (unpaired) electrons. The topological polar surface area (TPSA) is 51.2 Å². The van der Waals surface area contributed by atoms with Crippen LogP contribution in [-0.4, -0.2) is 17.5 Å². The number of halogens is 1. The molecule has 1 N–H and O–H groups in total. The maximum Gasteiger partial charge on any atom is 0.258 e. The van der Waals surface area contributed by atoms with E-state index in [2.05, 4.69) is 10.3 Å². The normalized spacial score (nSPS) is 11.7. The van der Waals surface area contributed by atoms with Crippen LogP contribution in [0.5, 0.6) is 5.75 Å². The summed E-state index contributed by atoms with van der Waals surface area (Å²) < 4.78 is 18.4. The van der Waals surface area contributed by atoms with Crippen LogP contribution in [0.1, 0.15) is 18.5 Å². The summed E-state index contributed by atoms with van der Waals surface area (Å²) in [5, 5.41) is 2.77. The lowest BCUT2D eigenvalue weighted by Crippen LogP contribution is -2.31. The van der Waals surface area contributed by atoms with Crippen LogP contribution >= 0.6 is 0 Å². The van der Waals surface area contributed by atoms with Gasteiger partial charge in [0.15, 0.2) is 18.2 Å². The zero-order chi connectivity index (χ0) is 14.4. The summed E-state index contributed by atoms with van der Waals surface area (Å²) in [6.07, 6.45) is 3.32. The number of rotatable bonds is 5. The first-order valence-electron chi connectivity index (χ1n) is 6.23. The van der Waals surface area contributed by atoms with Crippen LogP contribution in [-0.2, 0) is 4.79 Å². The highest BCUT2D eigenvalue weighted by Crippen LogP contribution is 2.15. The largest absolute Gasteiger partial charge is 0.481 e.